The van der Waals surface area contributed by atoms with Crippen molar-refractivity contribution in [1.29, 1.82) is 0 Å². The lowest BCUT2D eigenvalue weighted by Crippen LogP contribution is -2.18. The number of para-hydroxylation sites is 1. The fourth-order valence-corrected chi connectivity index (χ4v) is 2.14. The Kier molecular flexibility index (Phi) is 3.92. The van der Waals surface area contributed by atoms with Gasteiger partial charge in [0.25, 0.3) is 5.91 Å². The maximum absolute atomic E-state index is 12.1. The van der Waals surface area contributed by atoms with Gasteiger partial charge < -0.3 is 9.84 Å². The van der Waals surface area contributed by atoms with Crippen LogP contribution >= 0.6 is 0 Å². The molecule has 0 saturated heterocycles. The number of carbonyl (C=O) groups is 1. The van der Waals surface area contributed by atoms with E-state index in [2.05, 4.69) is 20.7 Å². The molecule has 0 aliphatic heterocycles. The zero-order chi connectivity index (χ0) is 16.2. The Balaban J connectivity index is 1.72. The molecule has 0 aliphatic rings. The van der Waals surface area contributed by atoms with Crippen LogP contribution < -0.4 is 10.2 Å². The molecule has 0 aliphatic carbocycles. The Labute approximate surface area is 131 Å². The molecule has 3 aromatic rings. The predicted molar refractivity (Wildman–Crippen MR) is 85.8 cm³/mol. The van der Waals surface area contributed by atoms with Gasteiger partial charge in [-0.05, 0) is 29.8 Å². The van der Waals surface area contributed by atoms with Crippen molar-refractivity contribution in [1.82, 2.24) is 15.6 Å². The van der Waals surface area contributed by atoms with Crippen molar-refractivity contribution < 1.29 is 14.6 Å². The van der Waals surface area contributed by atoms with Crippen LogP contribution in [0.3, 0.4) is 0 Å². The Morgan fingerprint density at radius 1 is 1.35 bits per heavy atom. The third kappa shape index (κ3) is 2.98. The third-order valence-corrected chi connectivity index (χ3v) is 3.27. The van der Waals surface area contributed by atoms with E-state index < -0.39 is 5.91 Å². The van der Waals surface area contributed by atoms with Gasteiger partial charge in [0.2, 0.25) is 0 Å². The summed E-state index contributed by atoms with van der Waals surface area (Å²) in [7, 11) is 1.47. The molecule has 3 rings (SSSR count). The summed E-state index contributed by atoms with van der Waals surface area (Å²) < 4.78 is 4.96. The molecule has 2 aromatic carbocycles. The lowest BCUT2D eigenvalue weighted by molar-refractivity contribution is 0.0951. The average Bonchev–Trinajstić information content (AvgIpc) is 2.99. The van der Waals surface area contributed by atoms with Gasteiger partial charge in [-0.25, -0.2) is 5.43 Å². The predicted octanol–water partition coefficient (Wildman–Crippen LogP) is 2.04. The molecule has 23 heavy (non-hydrogen) atoms. The number of amides is 1. The number of fused-ring (bicyclic) bond motifs is 1. The number of nitrogens with one attached hydrogen (secondary N) is 2. The summed E-state index contributed by atoms with van der Waals surface area (Å²) in [4.78, 5) is 12.1. The highest BCUT2D eigenvalue weighted by molar-refractivity contribution is 6.04. The van der Waals surface area contributed by atoms with Gasteiger partial charge in [-0.15, -0.1) is 0 Å². The maximum Gasteiger partial charge on any atom is 0.292 e. The van der Waals surface area contributed by atoms with E-state index in [-0.39, 0.29) is 11.4 Å². The number of phenolic OH excluding ortho intramolecular Hbond substituents is 1. The van der Waals surface area contributed by atoms with Crippen LogP contribution in [0.4, 0.5) is 0 Å². The smallest absolute Gasteiger partial charge is 0.292 e. The van der Waals surface area contributed by atoms with Crippen LogP contribution in [-0.4, -0.2) is 34.5 Å². The average molecular weight is 310 g/mol. The van der Waals surface area contributed by atoms with E-state index in [1.54, 1.807) is 18.2 Å². The molecule has 1 amide bonds. The van der Waals surface area contributed by atoms with Crippen LogP contribution in [-0.2, 0) is 0 Å². The van der Waals surface area contributed by atoms with Gasteiger partial charge in [0, 0.05) is 5.39 Å². The normalized spacial score (nSPS) is 11.0. The van der Waals surface area contributed by atoms with E-state index in [9.17, 15) is 9.90 Å². The first-order valence-corrected chi connectivity index (χ1v) is 6.82. The first-order chi connectivity index (χ1) is 11.2. The van der Waals surface area contributed by atoms with Crippen molar-refractivity contribution in [3.05, 3.63) is 53.7 Å². The van der Waals surface area contributed by atoms with Crippen LogP contribution in [0.1, 0.15) is 16.1 Å². The van der Waals surface area contributed by atoms with Crippen LogP contribution in [0.5, 0.6) is 11.5 Å². The highest BCUT2D eigenvalue weighted by Gasteiger charge is 2.12. The second-order valence-electron chi connectivity index (χ2n) is 4.75. The zero-order valence-electron chi connectivity index (χ0n) is 12.3. The lowest BCUT2D eigenvalue weighted by Gasteiger charge is -2.03. The lowest BCUT2D eigenvalue weighted by atomic mass is 10.2. The Bertz CT molecular complexity index is 886. The first kappa shape index (κ1) is 14.6. The summed E-state index contributed by atoms with van der Waals surface area (Å²) in [5.74, 6) is -0.0494. The van der Waals surface area contributed by atoms with Crippen molar-refractivity contribution in [3.8, 4) is 11.5 Å². The summed E-state index contributed by atoms with van der Waals surface area (Å²) in [5.41, 5.74) is 4.08. The summed E-state index contributed by atoms with van der Waals surface area (Å²) >= 11 is 0. The monoisotopic (exact) mass is 310 g/mol. The van der Waals surface area contributed by atoms with Gasteiger partial charge in [0.05, 0.1) is 18.8 Å². The van der Waals surface area contributed by atoms with Gasteiger partial charge in [-0.2, -0.15) is 10.2 Å². The molecule has 116 valence electrons. The number of H-pyrrole nitrogens is 1. The summed E-state index contributed by atoms with van der Waals surface area (Å²) in [6.45, 7) is 0. The number of carbonyl (C=O) groups excluding carboxylic acids is 1. The van der Waals surface area contributed by atoms with Crippen LogP contribution in [0, 0.1) is 0 Å². The minimum absolute atomic E-state index is 0.000992. The van der Waals surface area contributed by atoms with Crippen molar-refractivity contribution in [2.24, 2.45) is 5.10 Å². The first-order valence-electron chi connectivity index (χ1n) is 6.82. The van der Waals surface area contributed by atoms with Crippen molar-refractivity contribution in [2.45, 2.75) is 0 Å². The maximum atomic E-state index is 12.1. The van der Waals surface area contributed by atoms with Crippen LogP contribution in [0.25, 0.3) is 10.9 Å². The van der Waals surface area contributed by atoms with E-state index in [1.165, 1.54) is 19.4 Å². The molecule has 1 heterocycles. The number of hydrazone groups is 1. The van der Waals surface area contributed by atoms with E-state index in [0.717, 1.165) is 10.9 Å². The van der Waals surface area contributed by atoms with Crippen LogP contribution in [0.15, 0.2) is 47.6 Å². The number of rotatable bonds is 4. The number of aromatic amines is 1. The summed E-state index contributed by atoms with van der Waals surface area (Å²) in [6, 6.07) is 12.1. The number of methoxy groups -OCH3 is 1. The van der Waals surface area contributed by atoms with E-state index in [0.29, 0.717) is 11.3 Å². The molecular formula is C16H14N4O3. The number of aromatic hydroxyl groups is 1. The van der Waals surface area contributed by atoms with E-state index >= 15 is 0 Å². The summed E-state index contributed by atoms with van der Waals surface area (Å²) in [6.07, 6.45) is 1.42. The number of nitrogens with zero attached hydrogens (tertiary/aromatic N) is 2. The fourth-order valence-electron chi connectivity index (χ4n) is 2.14. The summed E-state index contributed by atoms with van der Waals surface area (Å²) in [5, 5.41) is 21.1. The van der Waals surface area contributed by atoms with Gasteiger partial charge in [0.15, 0.2) is 17.2 Å². The minimum atomic E-state index is -0.420. The Morgan fingerprint density at radius 2 is 2.17 bits per heavy atom. The van der Waals surface area contributed by atoms with Crippen molar-refractivity contribution >= 4 is 23.0 Å². The van der Waals surface area contributed by atoms with E-state index in [1.807, 2.05) is 18.2 Å². The van der Waals surface area contributed by atoms with Gasteiger partial charge in [-0.1, -0.05) is 18.2 Å². The second kappa shape index (κ2) is 6.18. The highest BCUT2D eigenvalue weighted by atomic mass is 16.5. The SMILES string of the molecule is COc1ccc(/C=N/NC(=O)c2n[nH]c3ccccc23)cc1O. The molecule has 0 atom stereocenters. The van der Waals surface area contributed by atoms with Gasteiger partial charge >= 0.3 is 0 Å². The molecule has 0 fully saturated rings. The van der Waals surface area contributed by atoms with Crippen molar-refractivity contribution in [2.75, 3.05) is 7.11 Å². The molecule has 1 aromatic heterocycles. The molecule has 3 N–H and O–H groups in total. The fraction of sp³-hybridized carbons (Fsp3) is 0.0625. The molecule has 0 spiro atoms. The second-order valence-corrected chi connectivity index (χ2v) is 4.75. The molecule has 0 saturated carbocycles. The Morgan fingerprint density at radius 3 is 2.96 bits per heavy atom. The Hall–Kier alpha value is -3.35. The molecular weight excluding hydrogens is 296 g/mol. The number of benzene rings is 2. The van der Waals surface area contributed by atoms with E-state index in [4.69, 9.17) is 4.74 Å². The number of hydrogen-bond donors (Lipinski definition) is 3. The van der Waals surface area contributed by atoms with Crippen LogP contribution in [0.2, 0.25) is 0 Å². The third-order valence-electron chi connectivity index (χ3n) is 3.27. The largest absolute Gasteiger partial charge is 0.504 e. The zero-order valence-corrected chi connectivity index (χ0v) is 12.3. The van der Waals surface area contributed by atoms with Gasteiger partial charge in [-0.3, -0.25) is 9.89 Å². The highest BCUT2D eigenvalue weighted by Crippen LogP contribution is 2.25. The van der Waals surface area contributed by atoms with Crippen molar-refractivity contribution in [3.63, 3.8) is 0 Å². The molecule has 0 unspecified atom stereocenters. The van der Waals surface area contributed by atoms with Gasteiger partial charge in [0.1, 0.15) is 0 Å². The molecule has 7 nitrogen and oxygen atoms in total. The number of ether oxygens (including phenoxy) is 1. The standard InChI is InChI=1S/C16H14N4O3/c1-23-14-7-6-10(8-13(14)21)9-17-20-16(22)15-11-4-2-3-5-12(11)18-19-15/h2-9,21H,1H3,(H,18,19)(H,20,22)/b17-9+. The quantitative estimate of drug-likeness (QED) is 0.507. The number of hydrogen-bond acceptors (Lipinski definition) is 5. The molecule has 0 radical (unpaired) electrons. The minimum Gasteiger partial charge on any atom is -0.504 e. The molecule has 0 bridgehead atoms. The topological polar surface area (TPSA) is 99.6 Å². The molecule has 7 heteroatoms. The number of aromatic nitrogens is 2. The number of phenols is 1.